The summed E-state index contributed by atoms with van der Waals surface area (Å²) in [7, 11) is -1.61. The molecule has 0 fully saturated rings. The molecule has 0 aliphatic heterocycles. The van der Waals surface area contributed by atoms with E-state index < -0.39 is 34.1 Å². The summed E-state index contributed by atoms with van der Waals surface area (Å²) in [6, 6.07) is 2.68. The van der Waals surface area contributed by atoms with Gasteiger partial charge in [-0.1, -0.05) is 19.0 Å². The van der Waals surface area contributed by atoms with Crippen LogP contribution in [-0.4, -0.2) is 26.0 Å². The van der Waals surface area contributed by atoms with E-state index in [4.69, 9.17) is 4.52 Å². The summed E-state index contributed by atoms with van der Waals surface area (Å²) in [5, 5.41) is 5.90. The lowest BCUT2D eigenvalue weighted by Gasteiger charge is -2.05. The highest BCUT2D eigenvalue weighted by molar-refractivity contribution is 7.84. The third-order valence-corrected chi connectivity index (χ3v) is 3.93. The number of nitrogens with zero attached hydrogens (tertiary/aromatic N) is 2. The molecule has 1 heterocycles. The predicted molar refractivity (Wildman–Crippen MR) is 80.1 cm³/mol. The molecule has 1 aromatic carbocycles. The number of carbonyl (C=O) groups excluding carboxylic acids is 1. The van der Waals surface area contributed by atoms with Crippen molar-refractivity contribution >= 4 is 22.4 Å². The van der Waals surface area contributed by atoms with Crippen LogP contribution in [0.5, 0.6) is 0 Å². The highest BCUT2D eigenvalue weighted by Crippen LogP contribution is 2.15. The van der Waals surface area contributed by atoms with Gasteiger partial charge in [0.25, 0.3) is 0 Å². The van der Waals surface area contributed by atoms with Gasteiger partial charge in [0.15, 0.2) is 5.82 Å². The molecule has 1 atom stereocenters. The third kappa shape index (κ3) is 4.92. The molecule has 0 bridgehead atoms. The standard InChI is InChI=1S/C14H15F2N3O3S/c1-8(2)14-18-13(22-19-14)7-23(21)6-12(20)17-11-5-9(15)3-4-10(11)16/h3-5,8H,6-7H2,1-2H3,(H,17,20)/t23-/m0/s1. The monoisotopic (exact) mass is 343 g/mol. The van der Waals surface area contributed by atoms with Crippen molar-refractivity contribution in [3.63, 3.8) is 0 Å². The van der Waals surface area contributed by atoms with Crippen molar-refractivity contribution in [3.8, 4) is 0 Å². The molecule has 124 valence electrons. The minimum absolute atomic E-state index is 0.0696. The van der Waals surface area contributed by atoms with Gasteiger partial charge >= 0.3 is 0 Å². The molecule has 1 aromatic heterocycles. The van der Waals surface area contributed by atoms with E-state index in [1.54, 1.807) is 0 Å². The number of nitrogens with one attached hydrogen (secondary N) is 1. The zero-order chi connectivity index (χ0) is 17.0. The van der Waals surface area contributed by atoms with Crippen LogP contribution in [0, 0.1) is 11.6 Å². The second-order valence-electron chi connectivity index (χ2n) is 5.10. The van der Waals surface area contributed by atoms with Crippen LogP contribution < -0.4 is 5.32 Å². The SMILES string of the molecule is CC(C)c1noc(C[S@@](=O)CC(=O)Nc2cc(F)ccc2F)n1. The van der Waals surface area contributed by atoms with E-state index in [0.717, 1.165) is 18.2 Å². The minimum Gasteiger partial charge on any atom is -0.338 e. The number of benzene rings is 1. The van der Waals surface area contributed by atoms with Gasteiger partial charge in [-0.2, -0.15) is 4.98 Å². The Morgan fingerprint density at radius 1 is 1.39 bits per heavy atom. The van der Waals surface area contributed by atoms with Crippen LogP contribution in [0.4, 0.5) is 14.5 Å². The smallest absolute Gasteiger partial charge is 0.239 e. The molecule has 6 nitrogen and oxygen atoms in total. The molecule has 0 saturated carbocycles. The van der Waals surface area contributed by atoms with Crippen LogP contribution in [0.15, 0.2) is 22.7 Å². The summed E-state index contributed by atoms with van der Waals surface area (Å²) in [5.41, 5.74) is -0.299. The van der Waals surface area contributed by atoms with E-state index in [-0.39, 0.29) is 23.2 Å². The van der Waals surface area contributed by atoms with Gasteiger partial charge in [-0.25, -0.2) is 8.78 Å². The van der Waals surface area contributed by atoms with Crippen molar-refractivity contribution in [2.45, 2.75) is 25.5 Å². The van der Waals surface area contributed by atoms with Crippen molar-refractivity contribution in [1.82, 2.24) is 10.1 Å². The minimum atomic E-state index is -1.61. The predicted octanol–water partition coefficient (Wildman–Crippen LogP) is 2.36. The fourth-order valence-corrected chi connectivity index (χ4v) is 2.54. The first-order valence-corrected chi connectivity index (χ1v) is 8.26. The fraction of sp³-hybridized carbons (Fsp3) is 0.357. The Morgan fingerprint density at radius 2 is 2.13 bits per heavy atom. The lowest BCUT2D eigenvalue weighted by molar-refractivity contribution is -0.113. The number of amides is 1. The number of aromatic nitrogens is 2. The highest BCUT2D eigenvalue weighted by Gasteiger charge is 2.16. The number of rotatable bonds is 6. The van der Waals surface area contributed by atoms with Crippen LogP contribution in [0.25, 0.3) is 0 Å². The van der Waals surface area contributed by atoms with Crippen molar-refractivity contribution < 1.29 is 22.3 Å². The van der Waals surface area contributed by atoms with Crippen LogP contribution in [0.3, 0.4) is 0 Å². The summed E-state index contributed by atoms with van der Waals surface area (Å²) in [5.74, 6) is -1.91. The summed E-state index contributed by atoms with van der Waals surface area (Å²) in [4.78, 5) is 15.8. The summed E-state index contributed by atoms with van der Waals surface area (Å²) >= 11 is 0. The van der Waals surface area contributed by atoms with Crippen molar-refractivity contribution in [1.29, 1.82) is 0 Å². The summed E-state index contributed by atoms with van der Waals surface area (Å²) in [6.07, 6.45) is 0. The first-order chi connectivity index (χ1) is 10.8. The molecule has 2 rings (SSSR count). The number of anilines is 1. The molecule has 1 amide bonds. The molecular weight excluding hydrogens is 328 g/mol. The lowest BCUT2D eigenvalue weighted by atomic mass is 10.2. The van der Waals surface area contributed by atoms with Gasteiger partial charge in [0.2, 0.25) is 11.8 Å². The average Bonchev–Trinajstić information content (AvgIpc) is 2.91. The Morgan fingerprint density at radius 3 is 2.78 bits per heavy atom. The quantitative estimate of drug-likeness (QED) is 0.870. The van der Waals surface area contributed by atoms with E-state index in [0.29, 0.717) is 5.82 Å². The van der Waals surface area contributed by atoms with Crippen molar-refractivity contribution in [2.24, 2.45) is 0 Å². The topological polar surface area (TPSA) is 85.1 Å². The Bertz CT molecular complexity index is 734. The van der Waals surface area contributed by atoms with E-state index in [2.05, 4.69) is 15.5 Å². The lowest BCUT2D eigenvalue weighted by Crippen LogP contribution is -2.21. The molecule has 23 heavy (non-hydrogen) atoms. The second-order valence-corrected chi connectivity index (χ2v) is 6.56. The maximum Gasteiger partial charge on any atom is 0.239 e. The third-order valence-electron chi connectivity index (χ3n) is 2.78. The molecule has 9 heteroatoms. The first-order valence-electron chi connectivity index (χ1n) is 6.77. The number of carbonyl (C=O) groups is 1. The molecule has 0 spiro atoms. The first kappa shape index (κ1) is 17.2. The van der Waals surface area contributed by atoms with Crippen molar-refractivity contribution in [2.75, 3.05) is 11.1 Å². The van der Waals surface area contributed by atoms with Gasteiger partial charge in [0.05, 0.1) is 5.69 Å². The van der Waals surface area contributed by atoms with E-state index in [1.165, 1.54) is 0 Å². The van der Waals surface area contributed by atoms with E-state index in [1.807, 2.05) is 13.8 Å². The molecule has 1 N–H and O–H groups in total. The second kappa shape index (κ2) is 7.40. The van der Waals surface area contributed by atoms with Gasteiger partial charge in [-0.05, 0) is 12.1 Å². The van der Waals surface area contributed by atoms with Gasteiger partial charge in [0, 0.05) is 22.8 Å². The number of halogens is 2. The average molecular weight is 343 g/mol. The van der Waals surface area contributed by atoms with Crippen LogP contribution in [0.2, 0.25) is 0 Å². The molecule has 0 aliphatic rings. The van der Waals surface area contributed by atoms with Crippen LogP contribution in [0.1, 0.15) is 31.5 Å². The number of hydrogen-bond donors (Lipinski definition) is 1. The molecule has 0 saturated heterocycles. The highest BCUT2D eigenvalue weighted by atomic mass is 32.2. The number of hydrogen-bond acceptors (Lipinski definition) is 5. The molecule has 2 aromatic rings. The van der Waals surface area contributed by atoms with Crippen LogP contribution >= 0.6 is 0 Å². The Kier molecular flexibility index (Phi) is 5.54. The zero-order valence-electron chi connectivity index (χ0n) is 12.5. The zero-order valence-corrected chi connectivity index (χ0v) is 13.3. The van der Waals surface area contributed by atoms with Gasteiger partial charge < -0.3 is 9.84 Å². The maximum absolute atomic E-state index is 13.4. The molecule has 0 unspecified atom stereocenters. The van der Waals surface area contributed by atoms with E-state index >= 15 is 0 Å². The Hall–Kier alpha value is -2.16. The Labute approximate surface area is 133 Å². The van der Waals surface area contributed by atoms with E-state index in [9.17, 15) is 17.8 Å². The fourth-order valence-electron chi connectivity index (χ4n) is 1.68. The maximum atomic E-state index is 13.4. The van der Waals surface area contributed by atoms with Gasteiger partial charge in [-0.15, -0.1) is 0 Å². The summed E-state index contributed by atoms with van der Waals surface area (Å²) in [6.45, 7) is 3.76. The van der Waals surface area contributed by atoms with Crippen molar-refractivity contribution in [3.05, 3.63) is 41.5 Å². The molecule has 0 radical (unpaired) electrons. The molecule has 0 aliphatic carbocycles. The molecular formula is C14H15F2N3O3S. The van der Waals surface area contributed by atoms with Gasteiger partial charge in [0.1, 0.15) is 23.1 Å². The largest absolute Gasteiger partial charge is 0.338 e. The van der Waals surface area contributed by atoms with Crippen LogP contribution in [-0.2, 0) is 21.3 Å². The normalized spacial score (nSPS) is 12.4. The Balaban J connectivity index is 1.91. The van der Waals surface area contributed by atoms with Gasteiger partial charge in [-0.3, -0.25) is 9.00 Å². The summed E-state index contributed by atoms with van der Waals surface area (Å²) < 4.78 is 43.2.